The van der Waals surface area contributed by atoms with Crippen LogP contribution in [0.5, 0.6) is 0 Å². The van der Waals surface area contributed by atoms with Gasteiger partial charge in [0.15, 0.2) is 0 Å². The third-order valence-corrected chi connectivity index (χ3v) is 3.97. The molecule has 1 aliphatic carbocycles. The average molecular weight is 188 g/mol. The normalized spacial score (nSPS) is 19.4. The molecule has 0 heterocycles. The van der Waals surface area contributed by atoms with Gasteiger partial charge in [0, 0.05) is 0 Å². The number of rotatable bonds is 3. The Bertz CT molecular complexity index is 280. The topological polar surface area (TPSA) is 0 Å². The Balaban J connectivity index is 2.09. The van der Waals surface area contributed by atoms with Crippen LogP contribution < -0.4 is 0 Å². The van der Waals surface area contributed by atoms with E-state index >= 15 is 0 Å². The molecule has 0 N–H and O–H groups in total. The average Bonchev–Trinajstić information content (AvgIpc) is 2.12. The Hall–Kier alpha value is -0.780. The summed E-state index contributed by atoms with van der Waals surface area (Å²) in [5.74, 6) is 0.830. The van der Waals surface area contributed by atoms with Gasteiger partial charge >= 0.3 is 0 Å². The van der Waals surface area contributed by atoms with Crippen molar-refractivity contribution in [3.63, 3.8) is 0 Å². The molecule has 0 bridgehead atoms. The number of hydrogen-bond acceptors (Lipinski definition) is 0. The molecule has 2 rings (SSSR count). The molecule has 0 unspecified atom stereocenters. The van der Waals surface area contributed by atoms with E-state index in [2.05, 4.69) is 44.2 Å². The van der Waals surface area contributed by atoms with E-state index < -0.39 is 0 Å². The van der Waals surface area contributed by atoms with Gasteiger partial charge in [-0.3, -0.25) is 0 Å². The lowest BCUT2D eigenvalue weighted by Crippen LogP contribution is -2.36. The SMILES string of the molecule is CC(C)C1(Cc2ccccc2)CCC1. The summed E-state index contributed by atoms with van der Waals surface area (Å²) < 4.78 is 0. The molecule has 0 spiro atoms. The van der Waals surface area contributed by atoms with Crippen LogP contribution in [-0.2, 0) is 6.42 Å². The smallest absolute Gasteiger partial charge is 0.0220 e. The second-order valence-electron chi connectivity index (χ2n) is 5.03. The molecule has 0 radical (unpaired) electrons. The second-order valence-corrected chi connectivity index (χ2v) is 5.03. The number of hydrogen-bond donors (Lipinski definition) is 0. The van der Waals surface area contributed by atoms with Crippen molar-refractivity contribution in [2.75, 3.05) is 0 Å². The third-order valence-electron chi connectivity index (χ3n) is 3.97. The summed E-state index contributed by atoms with van der Waals surface area (Å²) in [6.45, 7) is 4.75. The maximum atomic E-state index is 2.38. The Morgan fingerprint density at radius 3 is 2.21 bits per heavy atom. The zero-order valence-electron chi connectivity index (χ0n) is 9.29. The van der Waals surface area contributed by atoms with E-state index in [4.69, 9.17) is 0 Å². The van der Waals surface area contributed by atoms with Gasteiger partial charge in [-0.2, -0.15) is 0 Å². The van der Waals surface area contributed by atoms with Crippen molar-refractivity contribution in [1.29, 1.82) is 0 Å². The maximum absolute atomic E-state index is 2.38. The minimum Gasteiger partial charge on any atom is -0.0622 e. The fraction of sp³-hybridized carbons (Fsp3) is 0.571. The Morgan fingerprint density at radius 2 is 1.79 bits per heavy atom. The molecule has 0 aliphatic heterocycles. The van der Waals surface area contributed by atoms with Gasteiger partial charge in [0.2, 0.25) is 0 Å². The van der Waals surface area contributed by atoms with Crippen LogP contribution in [0, 0.1) is 11.3 Å². The maximum Gasteiger partial charge on any atom is -0.0220 e. The zero-order chi connectivity index (χ0) is 10.0. The van der Waals surface area contributed by atoms with Crippen LogP contribution >= 0.6 is 0 Å². The molecule has 0 aromatic heterocycles. The molecule has 0 heteroatoms. The van der Waals surface area contributed by atoms with Crippen LogP contribution in [0.2, 0.25) is 0 Å². The molecular weight excluding hydrogens is 168 g/mol. The van der Waals surface area contributed by atoms with Gasteiger partial charge in [-0.05, 0) is 36.2 Å². The van der Waals surface area contributed by atoms with Gasteiger partial charge in [0.1, 0.15) is 0 Å². The molecule has 14 heavy (non-hydrogen) atoms. The number of benzene rings is 1. The van der Waals surface area contributed by atoms with Crippen LogP contribution in [0.4, 0.5) is 0 Å². The third kappa shape index (κ3) is 1.70. The molecule has 0 saturated heterocycles. The van der Waals surface area contributed by atoms with Crippen LogP contribution in [0.15, 0.2) is 30.3 Å². The van der Waals surface area contributed by atoms with Crippen molar-refractivity contribution in [3.05, 3.63) is 35.9 Å². The summed E-state index contributed by atoms with van der Waals surface area (Å²) in [6, 6.07) is 10.9. The van der Waals surface area contributed by atoms with Gasteiger partial charge in [0.05, 0.1) is 0 Å². The minimum absolute atomic E-state index is 0.626. The first kappa shape index (κ1) is 9.76. The molecule has 0 atom stereocenters. The molecule has 0 amide bonds. The van der Waals surface area contributed by atoms with Gasteiger partial charge < -0.3 is 0 Å². The van der Waals surface area contributed by atoms with E-state index in [-0.39, 0.29) is 0 Å². The zero-order valence-corrected chi connectivity index (χ0v) is 9.29. The van der Waals surface area contributed by atoms with Crippen LogP contribution in [-0.4, -0.2) is 0 Å². The quantitative estimate of drug-likeness (QED) is 0.671. The molecule has 1 aromatic rings. The summed E-state index contributed by atoms with van der Waals surface area (Å²) in [5, 5.41) is 0. The predicted octanol–water partition coefficient (Wildman–Crippen LogP) is 4.06. The molecule has 0 nitrogen and oxygen atoms in total. The predicted molar refractivity (Wildman–Crippen MR) is 61.3 cm³/mol. The van der Waals surface area contributed by atoms with Crippen LogP contribution in [0.1, 0.15) is 38.7 Å². The first-order valence-electron chi connectivity index (χ1n) is 5.77. The summed E-state index contributed by atoms with van der Waals surface area (Å²) in [7, 11) is 0. The second kappa shape index (κ2) is 3.76. The van der Waals surface area contributed by atoms with Crippen LogP contribution in [0.3, 0.4) is 0 Å². The van der Waals surface area contributed by atoms with E-state index in [0.717, 1.165) is 5.92 Å². The first-order valence-corrected chi connectivity index (χ1v) is 5.77. The molecule has 1 aliphatic rings. The lowest BCUT2D eigenvalue weighted by molar-refractivity contribution is 0.0689. The monoisotopic (exact) mass is 188 g/mol. The summed E-state index contributed by atoms with van der Waals surface area (Å²) >= 11 is 0. The highest BCUT2D eigenvalue weighted by atomic mass is 14.4. The Kier molecular flexibility index (Phi) is 2.62. The van der Waals surface area contributed by atoms with Crippen molar-refractivity contribution in [2.24, 2.45) is 11.3 Å². The van der Waals surface area contributed by atoms with Gasteiger partial charge in [-0.1, -0.05) is 50.6 Å². The van der Waals surface area contributed by atoms with E-state index in [1.54, 1.807) is 0 Å². The lowest BCUT2D eigenvalue weighted by atomic mass is 9.59. The fourth-order valence-corrected chi connectivity index (χ4v) is 2.59. The van der Waals surface area contributed by atoms with E-state index in [1.165, 1.54) is 31.2 Å². The Morgan fingerprint density at radius 1 is 1.14 bits per heavy atom. The van der Waals surface area contributed by atoms with E-state index in [1.807, 2.05) is 0 Å². The fourth-order valence-electron chi connectivity index (χ4n) is 2.59. The van der Waals surface area contributed by atoms with Gasteiger partial charge in [-0.15, -0.1) is 0 Å². The van der Waals surface area contributed by atoms with Crippen LogP contribution in [0.25, 0.3) is 0 Å². The standard InChI is InChI=1S/C14H20/c1-12(2)14(9-6-10-14)11-13-7-4-3-5-8-13/h3-5,7-8,12H,6,9-11H2,1-2H3. The van der Waals surface area contributed by atoms with E-state index in [0.29, 0.717) is 5.41 Å². The summed E-state index contributed by atoms with van der Waals surface area (Å²) in [6.07, 6.45) is 5.58. The van der Waals surface area contributed by atoms with Gasteiger partial charge in [-0.25, -0.2) is 0 Å². The van der Waals surface area contributed by atoms with Crippen molar-refractivity contribution in [2.45, 2.75) is 39.5 Å². The molecule has 1 aromatic carbocycles. The Labute approximate surface area is 87.3 Å². The van der Waals surface area contributed by atoms with E-state index in [9.17, 15) is 0 Å². The molecule has 1 saturated carbocycles. The molecular formula is C14H20. The minimum atomic E-state index is 0.626. The molecule has 1 fully saturated rings. The largest absolute Gasteiger partial charge is 0.0622 e. The highest BCUT2D eigenvalue weighted by molar-refractivity contribution is 5.17. The highest BCUT2D eigenvalue weighted by Crippen LogP contribution is 2.49. The molecule has 76 valence electrons. The summed E-state index contributed by atoms with van der Waals surface area (Å²) in [5.41, 5.74) is 2.14. The first-order chi connectivity index (χ1) is 6.73. The highest BCUT2D eigenvalue weighted by Gasteiger charge is 2.39. The lowest BCUT2D eigenvalue weighted by Gasteiger charge is -2.46. The van der Waals surface area contributed by atoms with Gasteiger partial charge in [0.25, 0.3) is 0 Å². The van der Waals surface area contributed by atoms with Crippen molar-refractivity contribution < 1.29 is 0 Å². The van der Waals surface area contributed by atoms with Crippen molar-refractivity contribution in [1.82, 2.24) is 0 Å². The van der Waals surface area contributed by atoms with Crippen molar-refractivity contribution >= 4 is 0 Å². The summed E-state index contributed by atoms with van der Waals surface area (Å²) in [4.78, 5) is 0. The van der Waals surface area contributed by atoms with Crippen molar-refractivity contribution in [3.8, 4) is 0 Å².